The lowest BCUT2D eigenvalue weighted by Gasteiger charge is -2.12. The molecule has 0 heterocycles. The van der Waals surface area contributed by atoms with Crippen molar-refractivity contribution in [1.29, 1.82) is 0 Å². The third-order valence-electron chi connectivity index (χ3n) is 4.34. The molecule has 3 rings (SSSR count). The summed E-state index contributed by atoms with van der Waals surface area (Å²) in [5, 5.41) is 2.52. The molecule has 1 unspecified atom stereocenters. The van der Waals surface area contributed by atoms with Gasteiger partial charge in [-0.1, -0.05) is 68.4 Å². The van der Waals surface area contributed by atoms with E-state index in [1.807, 2.05) is 0 Å². The van der Waals surface area contributed by atoms with Crippen molar-refractivity contribution in [3.63, 3.8) is 0 Å². The molecule has 0 aliphatic rings. The van der Waals surface area contributed by atoms with Crippen molar-refractivity contribution < 1.29 is 4.74 Å². The summed E-state index contributed by atoms with van der Waals surface area (Å²) in [6, 6.07) is 23.3. The van der Waals surface area contributed by atoms with E-state index in [9.17, 15) is 0 Å². The van der Waals surface area contributed by atoms with Gasteiger partial charge < -0.3 is 4.74 Å². The number of hydrogen-bond acceptors (Lipinski definition) is 1. The lowest BCUT2D eigenvalue weighted by Crippen LogP contribution is -1.97. The van der Waals surface area contributed by atoms with Crippen LogP contribution in [0.3, 0.4) is 0 Å². The zero-order valence-electron chi connectivity index (χ0n) is 13.3. The lowest BCUT2D eigenvalue weighted by atomic mass is 9.99. The highest BCUT2D eigenvalue weighted by atomic mass is 16.5. The van der Waals surface area contributed by atoms with Crippen molar-refractivity contribution in [1.82, 2.24) is 0 Å². The van der Waals surface area contributed by atoms with Gasteiger partial charge in [-0.2, -0.15) is 0 Å². The van der Waals surface area contributed by atoms with Gasteiger partial charge in [-0.05, 0) is 46.4 Å². The monoisotopic (exact) mass is 290 g/mol. The van der Waals surface area contributed by atoms with Crippen LogP contribution in [0.5, 0.6) is 5.75 Å². The maximum absolute atomic E-state index is 5.97. The molecule has 3 aromatic rings. The van der Waals surface area contributed by atoms with Gasteiger partial charge in [-0.15, -0.1) is 0 Å². The van der Waals surface area contributed by atoms with E-state index in [2.05, 4.69) is 80.6 Å². The van der Waals surface area contributed by atoms with Gasteiger partial charge in [0, 0.05) is 0 Å². The van der Waals surface area contributed by atoms with Crippen molar-refractivity contribution in [2.75, 3.05) is 0 Å². The molecule has 0 amide bonds. The first-order valence-electron chi connectivity index (χ1n) is 7.97. The highest BCUT2D eigenvalue weighted by molar-refractivity contribution is 5.85. The minimum atomic E-state index is 0.601. The molecule has 0 bridgehead atoms. The standard InChI is InChI=1S/C21H22O/c1-3-16(2)17-11-13-20(14-12-17)22-15-19-9-6-8-18-7-4-5-10-21(18)19/h4-14,16H,3,15H2,1-2H3. The first-order valence-corrected chi connectivity index (χ1v) is 7.97. The van der Waals surface area contributed by atoms with Crippen LogP contribution in [-0.2, 0) is 6.61 Å². The molecular weight excluding hydrogens is 268 g/mol. The maximum atomic E-state index is 5.97. The van der Waals surface area contributed by atoms with Gasteiger partial charge in [-0.3, -0.25) is 0 Å². The van der Waals surface area contributed by atoms with Crippen molar-refractivity contribution in [3.05, 3.63) is 77.9 Å². The Kier molecular flexibility index (Phi) is 4.43. The average Bonchev–Trinajstić information content (AvgIpc) is 2.59. The Bertz CT molecular complexity index is 738. The van der Waals surface area contributed by atoms with Gasteiger partial charge >= 0.3 is 0 Å². The van der Waals surface area contributed by atoms with Gasteiger partial charge in [0.05, 0.1) is 0 Å². The van der Waals surface area contributed by atoms with E-state index in [1.54, 1.807) is 0 Å². The largest absolute Gasteiger partial charge is 0.489 e. The third-order valence-corrected chi connectivity index (χ3v) is 4.34. The van der Waals surface area contributed by atoms with Crippen LogP contribution in [0.4, 0.5) is 0 Å². The number of rotatable bonds is 5. The highest BCUT2D eigenvalue weighted by Gasteiger charge is 2.04. The molecule has 0 aliphatic carbocycles. The number of fused-ring (bicyclic) bond motifs is 1. The SMILES string of the molecule is CCC(C)c1ccc(OCc2cccc3ccccc23)cc1. The summed E-state index contributed by atoms with van der Waals surface area (Å²) in [7, 11) is 0. The predicted octanol–water partition coefficient (Wildman–Crippen LogP) is 5.93. The molecule has 1 atom stereocenters. The van der Waals surface area contributed by atoms with Crippen LogP contribution >= 0.6 is 0 Å². The number of benzene rings is 3. The minimum Gasteiger partial charge on any atom is -0.489 e. The first kappa shape index (κ1) is 14.6. The van der Waals surface area contributed by atoms with Gasteiger partial charge in [0.1, 0.15) is 12.4 Å². The van der Waals surface area contributed by atoms with E-state index in [-0.39, 0.29) is 0 Å². The number of hydrogen-bond donors (Lipinski definition) is 0. The number of ether oxygens (including phenoxy) is 1. The molecule has 0 N–H and O–H groups in total. The Morgan fingerprint density at radius 2 is 1.59 bits per heavy atom. The lowest BCUT2D eigenvalue weighted by molar-refractivity contribution is 0.307. The molecule has 1 nitrogen and oxygen atoms in total. The fourth-order valence-electron chi connectivity index (χ4n) is 2.71. The molecule has 112 valence electrons. The van der Waals surface area contributed by atoms with Gasteiger partial charge in [-0.25, -0.2) is 0 Å². The smallest absolute Gasteiger partial charge is 0.119 e. The van der Waals surface area contributed by atoms with Crippen LogP contribution in [0.15, 0.2) is 66.7 Å². The Labute approximate surface area is 132 Å². The molecule has 0 spiro atoms. The van der Waals surface area contributed by atoms with E-state index >= 15 is 0 Å². The normalized spacial score (nSPS) is 12.3. The Balaban J connectivity index is 1.74. The summed E-state index contributed by atoms with van der Waals surface area (Å²) < 4.78 is 5.97. The minimum absolute atomic E-state index is 0.601. The second-order valence-electron chi connectivity index (χ2n) is 5.81. The Morgan fingerprint density at radius 1 is 0.864 bits per heavy atom. The summed E-state index contributed by atoms with van der Waals surface area (Å²) in [6.07, 6.45) is 1.16. The molecule has 1 heteroatoms. The summed E-state index contributed by atoms with van der Waals surface area (Å²) in [6.45, 7) is 5.07. The third kappa shape index (κ3) is 3.14. The van der Waals surface area contributed by atoms with Crippen LogP contribution in [0.1, 0.15) is 37.3 Å². The topological polar surface area (TPSA) is 9.23 Å². The molecule has 0 radical (unpaired) electrons. The van der Waals surface area contributed by atoms with Crippen molar-refractivity contribution in [2.45, 2.75) is 32.8 Å². The second-order valence-corrected chi connectivity index (χ2v) is 5.81. The highest BCUT2D eigenvalue weighted by Crippen LogP contribution is 2.23. The molecular formula is C21H22O. The van der Waals surface area contributed by atoms with Crippen LogP contribution in [0.25, 0.3) is 10.8 Å². The fraction of sp³-hybridized carbons (Fsp3) is 0.238. The van der Waals surface area contributed by atoms with Crippen molar-refractivity contribution >= 4 is 10.8 Å². The van der Waals surface area contributed by atoms with Gasteiger partial charge in [0.15, 0.2) is 0 Å². The van der Waals surface area contributed by atoms with E-state index < -0.39 is 0 Å². The fourth-order valence-corrected chi connectivity index (χ4v) is 2.71. The van der Waals surface area contributed by atoms with Crippen LogP contribution in [0, 0.1) is 0 Å². The average molecular weight is 290 g/mol. The predicted molar refractivity (Wildman–Crippen MR) is 93.4 cm³/mol. The Morgan fingerprint density at radius 3 is 2.36 bits per heavy atom. The molecule has 0 aromatic heterocycles. The van der Waals surface area contributed by atoms with Gasteiger partial charge in [0.2, 0.25) is 0 Å². The van der Waals surface area contributed by atoms with Crippen molar-refractivity contribution in [2.24, 2.45) is 0 Å². The molecule has 3 aromatic carbocycles. The van der Waals surface area contributed by atoms with Crippen LogP contribution in [-0.4, -0.2) is 0 Å². The van der Waals surface area contributed by atoms with E-state index in [0.29, 0.717) is 12.5 Å². The second kappa shape index (κ2) is 6.65. The zero-order chi connectivity index (χ0) is 15.4. The van der Waals surface area contributed by atoms with Crippen LogP contribution < -0.4 is 4.74 Å². The Hall–Kier alpha value is -2.28. The van der Waals surface area contributed by atoms with Gasteiger partial charge in [0.25, 0.3) is 0 Å². The maximum Gasteiger partial charge on any atom is 0.119 e. The molecule has 22 heavy (non-hydrogen) atoms. The molecule has 0 aliphatic heterocycles. The first-order chi connectivity index (χ1) is 10.8. The molecule has 0 saturated carbocycles. The zero-order valence-corrected chi connectivity index (χ0v) is 13.3. The molecule has 0 fully saturated rings. The van der Waals surface area contributed by atoms with E-state index in [4.69, 9.17) is 4.74 Å². The summed E-state index contributed by atoms with van der Waals surface area (Å²) >= 11 is 0. The summed E-state index contributed by atoms with van der Waals surface area (Å²) in [5.74, 6) is 1.53. The summed E-state index contributed by atoms with van der Waals surface area (Å²) in [4.78, 5) is 0. The van der Waals surface area contributed by atoms with E-state index in [0.717, 1.165) is 12.2 Å². The van der Waals surface area contributed by atoms with Crippen molar-refractivity contribution in [3.8, 4) is 5.75 Å². The molecule has 0 saturated heterocycles. The van der Waals surface area contributed by atoms with Crippen LogP contribution in [0.2, 0.25) is 0 Å². The van der Waals surface area contributed by atoms with E-state index in [1.165, 1.54) is 21.9 Å². The summed E-state index contributed by atoms with van der Waals surface area (Å²) in [5.41, 5.74) is 2.60. The quantitative estimate of drug-likeness (QED) is 0.565.